The van der Waals surface area contributed by atoms with Crippen molar-refractivity contribution in [3.63, 3.8) is 0 Å². The lowest BCUT2D eigenvalue weighted by Crippen LogP contribution is -2.43. The number of rotatable bonds is 4. The van der Waals surface area contributed by atoms with E-state index in [-0.39, 0.29) is 0 Å². The predicted octanol–water partition coefficient (Wildman–Crippen LogP) is 5.33. The van der Waals surface area contributed by atoms with Crippen molar-refractivity contribution >= 4 is 19.4 Å². The summed E-state index contributed by atoms with van der Waals surface area (Å²) < 4.78 is 5.36. The highest BCUT2D eigenvalue weighted by Gasteiger charge is 2.41. The normalized spacial score (nSPS) is 11.9. The third-order valence-electron chi connectivity index (χ3n) is 4.11. The molecule has 0 radical (unpaired) electrons. The average molecular weight is 295 g/mol. The maximum atomic E-state index is 5.36. The van der Waals surface area contributed by atoms with Crippen LogP contribution in [-0.4, -0.2) is 15.2 Å². The topological polar surface area (TPSA) is 9.23 Å². The van der Waals surface area contributed by atoms with Crippen molar-refractivity contribution < 1.29 is 4.74 Å². The van der Waals surface area contributed by atoms with E-state index >= 15 is 0 Å². The van der Waals surface area contributed by atoms with Crippen molar-refractivity contribution in [2.45, 2.75) is 58.2 Å². The second-order valence-electron chi connectivity index (χ2n) is 5.97. The van der Waals surface area contributed by atoms with Crippen molar-refractivity contribution in [2.24, 2.45) is 0 Å². The zero-order chi connectivity index (χ0) is 14.6. The lowest BCUT2D eigenvalue weighted by Gasteiger charge is -2.38. The molecule has 1 rings (SSSR count). The van der Waals surface area contributed by atoms with Crippen LogP contribution in [0, 0.1) is 11.5 Å². The molecular weight excluding hydrogens is 268 g/mol. The Morgan fingerprint density at radius 3 is 2.00 bits per heavy atom. The second kappa shape index (κ2) is 6.63. The molecule has 0 bridgehead atoms. The molecule has 0 saturated carbocycles. The van der Waals surface area contributed by atoms with Crippen LogP contribution in [0.15, 0.2) is 11.4 Å². The fourth-order valence-electron chi connectivity index (χ4n) is 3.15. The molecular formula is C16H26OSSi. The predicted molar refractivity (Wildman–Crippen MR) is 88.8 cm³/mol. The Hall–Kier alpha value is -0.723. The zero-order valence-electron chi connectivity index (χ0n) is 13.2. The van der Waals surface area contributed by atoms with Gasteiger partial charge in [0.05, 0.1) is 7.11 Å². The van der Waals surface area contributed by atoms with Crippen LogP contribution in [0.3, 0.4) is 0 Å². The molecule has 0 aliphatic heterocycles. The fraction of sp³-hybridized carbons (Fsp3) is 0.625. The van der Waals surface area contributed by atoms with Gasteiger partial charge in [-0.1, -0.05) is 47.5 Å². The van der Waals surface area contributed by atoms with Gasteiger partial charge in [0.2, 0.25) is 0 Å². The van der Waals surface area contributed by atoms with Crippen LogP contribution in [0.5, 0.6) is 5.75 Å². The highest BCUT2D eigenvalue weighted by Crippen LogP contribution is 2.41. The van der Waals surface area contributed by atoms with Gasteiger partial charge >= 0.3 is 0 Å². The van der Waals surface area contributed by atoms with E-state index in [1.807, 2.05) is 11.4 Å². The van der Waals surface area contributed by atoms with Gasteiger partial charge in [0.25, 0.3) is 0 Å². The minimum Gasteiger partial charge on any atom is -0.495 e. The summed E-state index contributed by atoms with van der Waals surface area (Å²) in [5.41, 5.74) is 5.74. The van der Waals surface area contributed by atoms with Crippen molar-refractivity contribution in [2.75, 3.05) is 7.11 Å². The number of ether oxygens (including phenoxy) is 1. The first kappa shape index (κ1) is 16.3. The van der Waals surface area contributed by atoms with Crippen molar-refractivity contribution in [1.82, 2.24) is 0 Å². The molecule has 106 valence electrons. The van der Waals surface area contributed by atoms with E-state index < -0.39 is 8.07 Å². The number of hydrogen-bond acceptors (Lipinski definition) is 2. The first-order valence-corrected chi connectivity index (χ1v) is 10.1. The van der Waals surface area contributed by atoms with E-state index in [9.17, 15) is 0 Å². The van der Waals surface area contributed by atoms with Crippen LogP contribution in [-0.2, 0) is 0 Å². The molecule has 0 fully saturated rings. The van der Waals surface area contributed by atoms with E-state index in [0.29, 0.717) is 16.6 Å². The maximum Gasteiger partial charge on any atom is 0.146 e. The molecule has 0 N–H and O–H groups in total. The molecule has 19 heavy (non-hydrogen) atoms. The first-order chi connectivity index (χ1) is 8.86. The van der Waals surface area contributed by atoms with E-state index in [2.05, 4.69) is 53.0 Å². The Balaban J connectivity index is 3.23. The molecule has 3 heteroatoms. The van der Waals surface area contributed by atoms with Gasteiger partial charge in [-0.05, 0) is 28.1 Å². The summed E-state index contributed by atoms with van der Waals surface area (Å²) in [6.07, 6.45) is 0. The molecule has 0 amide bonds. The Kier molecular flexibility index (Phi) is 5.70. The van der Waals surface area contributed by atoms with E-state index in [4.69, 9.17) is 4.74 Å². The van der Waals surface area contributed by atoms with Crippen LogP contribution >= 0.6 is 11.3 Å². The fourth-order valence-corrected chi connectivity index (χ4v) is 9.15. The third kappa shape index (κ3) is 3.24. The third-order valence-corrected chi connectivity index (χ3v) is 11.2. The van der Waals surface area contributed by atoms with Gasteiger partial charge in [0.1, 0.15) is 18.7 Å². The highest BCUT2D eigenvalue weighted by atomic mass is 32.1. The molecule has 0 aromatic carbocycles. The molecule has 1 aromatic rings. The Morgan fingerprint density at radius 2 is 1.58 bits per heavy atom. The molecule has 1 heterocycles. The Bertz CT molecular complexity index is 441. The standard InChI is InChI=1S/C16H26OSSi/c1-12(2)19(13(3)4,14(5)6)11-9-16-15(17-7)8-10-18-16/h8,10,12-14H,1-7H3. The molecule has 0 unspecified atom stereocenters. The van der Waals surface area contributed by atoms with E-state index in [1.165, 1.54) is 0 Å². The van der Waals surface area contributed by atoms with Crippen LogP contribution < -0.4 is 4.74 Å². The number of methoxy groups -OCH3 is 1. The van der Waals surface area contributed by atoms with Crippen LogP contribution in [0.4, 0.5) is 0 Å². The minimum atomic E-state index is -1.63. The summed E-state index contributed by atoms with van der Waals surface area (Å²) >= 11 is 1.67. The van der Waals surface area contributed by atoms with Gasteiger partial charge in [-0.3, -0.25) is 0 Å². The van der Waals surface area contributed by atoms with Crippen LogP contribution in [0.25, 0.3) is 0 Å². The van der Waals surface area contributed by atoms with Crippen molar-refractivity contribution in [3.8, 4) is 17.2 Å². The van der Waals surface area contributed by atoms with Gasteiger partial charge in [-0.15, -0.1) is 16.9 Å². The lowest BCUT2D eigenvalue weighted by atomic mass is 10.4. The first-order valence-electron chi connectivity index (χ1n) is 7.00. The van der Waals surface area contributed by atoms with Crippen molar-refractivity contribution in [3.05, 3.63) is 16.3 Å². The minimum absolute atomic E-state index is 0.672. The van der Waals surface area contributed by atoms with Crippen molar-refractivity contribution in [1.29, 1.82) is 0 Å². The molecule has 0 aliphatic carbocycles. The molecule has 0 atom stereocenters. The van der Waals surface area contributed by atoms with Gasteiger partial charge in [0.15, 0.2) is 0 Å². The molecule has 0 spiro atoms. The van der Waals surface area contributed by atoms with E-state index in [1.54, 1.807) is 18.4 Å². The molecule has 0 saturated heterocycles. The summed E-state index contributed by atoms with van der Waals surface area (Å²) in [7, 11) is 0.0841. The summed E-state index contributed by atoms with van der Waals surface area (Å²) in [5.74, 6) is 4.35. The smallest absolute Gasteiger partial charge is 0.146 e. The molecule has 1 aromatic heterocycles. The van der Waals surface area contributed by atoms with Gasteiger partial charge < -0.3 is 4.74 Å². The molecule has 1 nitrogen and oxygen atoms in total. The Labute approximate surface area is 123 Å². The summed E-state index contributed by atoms with van der Waals surface area (Å²) in [6.45, 7) is 14.0. The summed E-state index contributed by atoms with van der Waals surface area (Å²) in [5, 5.41) is 2.05. The number of hydrogen-bond donors (Lipinski definition) is 0. The summed E-state index contributed by atoms with van der Waals surface area (Å²) in [4.78, 5) is 1.07. The van der Waals surface area contributed by atoms with Gasteiger partial charge in [-0.25, -0.2) is 0 Å². The van der Waals surface area contributed by atoms with Gasteiger partial charge in [-0.2, -0.15) is 0 Å². The Morgan fingerprint density at radius 1 is 1.05 bits per heavy atom. The lowest BCUT2D eigenvalue weighted by molar-refractivity contribution is 0.415. The number of thiophene rings is 1. The average Bonchev–Trinajstić information content (AvgIpc) is 2.75. The van der Waals surface area contributed by atoms with E-state index in [0.717, 1.165) is 10.6 Å². The highest BCUT2D eigenvalue weighted by molar-refractivity contribution is 7.11. The van der Waals surface area contributed by atoms with Crippen LogP contribution in [0.2, 0.25) is 16.6 Å². The maximum absolute atomic E-state index is 5.36. The molecule has 0 aliphatic rings. The van der Waals surface area contributed by atoms with Crippen LogP contribution in [0.1, 0.15) is 46.4 Å². The SMILES string of the molecule is COc1ccsc1C#C[Si](C(C)C)(C(C)C)C(C)C. The quantitative estimate of drug-likeness (QED) is 0.539. The zero-order valence-corrected chi connectivity index (χ0v) is 15.0. The largest absolute Gasteiger partial charge is 0.495 e. The second-order valence-corrected chi connectivity index (χ2v) is 12.5. The van der Waals surface area contributed by atoms with Gasteiger partial charge in [0, 0.05) is 0 Å². The monoisotopic (exact) mass is 294 g/mol. The summed E-state index contributed by atoms with van der Waals surface area (Å²) in [6, 6.07) is 2.00.